The van der Waals surface area contributed by atoms with Gasteiger partial charge in [-0.15, -0.1) is 23.1 Å². The van der Waals surface area contributed by atoms with Gasteiger partial charge in [0.15, 0.2) is 0 Å². The molecule has 10 nitrogen and oxygen atoms in total. The molecule has 208 valence electrons. The molecule has 13 heteroatoms. The number of nitrogens with one attached hydrogen (secondary N) is 3. The van der Waals surface area contributed by atoms with E-state index in [1.54, 1.807) is 12.3 Å². The fourth-order valence-corrected chi connectivity index (χ4v) is 7.94. The summed E-state index contributed by atoms with van der Waals surface area (Å²) in [5.41, 5.74) is 13.3. The highest BCUT2D eigenvalue weighted by Crippen LogP contribution is 2.42. The van der Waals surface area contributed by atoms with Crippen molar-refractivity contribution in [2.45, 2.75) is 46.2 Å². The van der Waals surface area contributed by atoms with Crippen molar-refractivity contribution >= 4 is 56.5 Å². The molecule has 0 saturated heterocycles. The third kappa shape index (κ3) is 7.18. The fourth-order valence-electron chi connectivity index (χ4n) is 3.92. The fraction of sp³-hybridized carbons (Fsp3) is 0.269. The number of thiophene rings is 1. The number of amides is 2. The van der Waals surface area contributed by atoms with E-state index in [0.29, 0.717) is 27.5 Å². The monoisotopic (exact) mass is 589 g/mol. The topological polar surface area (TPSA) is 188 Å². The minimum Gasteiger partial charge on any atom is -0.480 e. The van der Waals surface area contributed by atoms with E-state index in [2.05, 4.69) is 10.6 Å². The van der Waals surface area contributed by atoms with Gasteiger partial charge < -0.3 is 27.2 Å². The Morgan fingerprint density at radius 1 is 1.13 bits per heavy atom. The van der Waals surface area contributed by atoms with E-state index in [4.69, 9.17) is 22.0 Å². The third-order valence-corrected chi connectivity index (χ3v) is 10.3. The van der Waals surface area contributed by atoms with Crippen molar-refractivity contribution in [3.8, 4) is 11.1 Å². The van der Waals surface area contributed by atoms with Crippen LogP contribution in [0.1, 0.15) is 29.7 Å². The van der Waals surface area contributed by atoms with Crippen molar-refractivity contribution in [2.24, 2.45) is 11.5 Å². The van der Waals surface area contributed by atoms with E-state index in [1.807, 2.05) is 37.3 Å². The number of aliphatic carboxylic acids is 1. The Balaban J connectivity index is 2.00. The Kier molecular flexibility index (Phi) is 10.1. The van der Waals surface area contributed by atoms with Crippen molar-refractivity contribution in [1.29, 1.82) is 5.41 Å². The van der Waals surface area contributed by atoms with Crippen LogP contribution in [0.4, 0.5) is 10.5 Å². The molecule has 8 N–H and O–H groups in total. The number of rotatable bonds is 12. The van der Waals surface area contributed by atoms with Crippen molar-refractivity contribution in [3.05, 3.63) is 59.0 Å². The first-order chi connectivity index (χ1) is 18.5. The molecule has 1 unspecified atom stereocenters. The second-order valence-electron chi connectivity index (χ2n) is 8.70. The molecular formula is C26H31N5O5S3. The smallest absolute Gasteiger partial charge is 0.320 e. The van der Waals surface area contributed by atoms with Crippen LogP contribution in [0.25, 0.3) is 11.1 Å². The lowest BCUT2D eigenvalue weighted by atomic mass is 9.98. The predicted molar refractivity (Wildman–Crippen MR) is 156 cm³/mol. The van der Waals surface area contributed by atoms with Gasteiger partial charge in [-0.3, -0.25) is 10.2 Å². The minimum atomic E-state index is -4.14. The molecule has 2 amide bonds. The first kappa shape index (κ1) is 30.2. The number of sulfone groups is 1. The lowest BCUT2D eigenvalue weighted by Crippen LogP contribution is -2.32. The maximum absolute atomic E-state index is 14.0. The summed E-state index contributed by atoms with van der Waals surface area (Å²) < 4.78 is 28.5. The number of carbonyl (C=O) groups excluding carboxylic acids is 1. The number of benzene rings is 2. The standard InChI is InChI=1S/C26H31N5O5S3/c1-15-11-12-19(39(35,36)20-14-18(23(28)29)38-25(20)37-2)22(21(15)16-8-4-3-5-9-16)31-26(34)30-13-7-6-10-17(27)24(32)33/h3-5,8-9,11-12,14,17H,6-7,10,13,27H2,1-2H3,(H3,28,29)(H,32,33)(H2,30,31,34). The molecule has 1 heterocycles. The zero-order valence-corrected chi connectivity index (χ0v) is 23.9. The van der Waals surface area contributed by atoms with E-state index in [1.165, 1.54) is 23.9 Å². The van der Waals surface area contributed by atoms with Crippen LogP contribution >= 0.6 is 23.1 Å². The quantitative estimate of drug-likeness (QED) is 0.0781. The maximum Gasteiger partial charge on any atom is 0.320 e. The number of carboxylic acid groups (broad SMARTS) is 1. The summed E-state index contributed by atoms with van der Waals surface area (Å²) in [7, 11) is -4.14. The van der Waals surface area contributed by atoms with Gasteiger partial charge in [-0.05, 0) is 55.7 Å². The van der Waals surface area contributed by atoms with E-state index in [0.717, 1.165) is 22.5 Å². The van der Waals surface area contributed by atoms with Gasteiger partial charge in [-0.1, -0.05) is 36.4 Å². The Morgan fingerprint density at radius 3 is 2.44 bits per heavy atom. The Hall–Kier alpha value is -3.39. The van der Waals surface area contributed by atoms with E-state index in [9.17, 15) is 18.0 Å². The molecule has 0 aliphatic carbocycles. The summed E-state index contributed by atoms with van der Waals surface area (Å²) in [6, 6.07) is 12.2. The first-order valence-electron chi connectivity index (χ1n) is 12.0. The third-order valence-electron chi connectivity index (χ3n) is 5.92. The van der Waals surface area contributed by atoms with Crippen LogP contribution in [0.2, 0.25) is 0 Å². The summed E-state index contributed by atoms with van der Waals surface area (Å²) in [6.45, 7) is 2.08. The van der Waals surface area contributed by atoms with Crippen LogP contribution in [0.15, 0.2) is 62.5 Å². The first-order valence-corrected chi connectivity index (χ1v) is 15.5. The number of amidine groups is 1. The second kappa shape index (κ2) is 13.1. The molecule has 0 spiro atoms. The Labute approximate surface area is 235 Å². The molecule has 0 fully saturated rings. The van der Waals surface area contributed by atoms with Gasteiger partial charge in [0, 0.05) is 12.1 Å². The van der Waals surface area contributed by atoms with Crippen LogP contribution in [-0.4, -0.2) is 50.2 Å². The lowest BCUT2D eigenvalue weighted by molar-refractivity contribution is -0.138. The number of hydrogen-bond acceptors (Lipinski definition) is 8. The van der Waals surface area contributed by atoms with E-state index < -0.39 is 27.9 Å². The van der Waals surface area contributed by atoms with Gasteiger partial charge in [-0.2, -0.15) is 0 Å². The summed E-state index contributed by atoms with van der Waals surface area (Å²) in [5.74, 6) is -1.30. The number of nitrogens with two attached hydrogens (primary N) is 2. The number of carbonyl (C=O) groups is 2. The largest absolute Gasteiger partial charge is 0.480 e. The summed E-state index contributed by atoms with van der Waals surface area (Å²) in [6.07, 6.45) is 3.02. The predicted octanol–water partition coefficient (Wildman–Crippen LogP) is 4.27. The van der Waals surface area contributed by atoms with Crippen molar-refractivity contribution < 1.29 is 23.1 Å². The lowest BCUT2D eigenvalue weighted by Gasteiger charge is -2.19. The molecule has 0 aliphatic rings. The Bertz CT molecular complexity index is 1470. The highest BCUT2D eigenvalue weighted by molar-refractivity contribution is 8.01. The molecule has 0 bridgehead atoms. The number of anilines is 1. The van der Waals surface area contributed by atoms with Gasteiger partial charge in [0.05, 0.1) is 24.6 Å². The number of aryl methyl sites for hydroxylation is 1. The van der Waals surface area contributed by atoms with Crippen LogP contribution in [0, 0.1) is 12.3 Å². The van der Waals surface area contributed by atoms with Gasteiger partial charge in [-0.25, -0.2) is 13.2 Å². The van der Waals surface area contributed by atoms with Gasteiger partial charge in [0.25, 0.3) is 0 Å². The van der Waals surface area contributed by atoms with Gasteiger partial charge in [0.2, 0.25) is 9.84 Å². The van der Waals surface area contributed by atoms with E-state index >= 15 is 0 Å². The van der Waals surface area contributed by atoms with Gasteiger partial charge >= 0.3 is 12.0 Å². The number of thioether (sulfide) groups is 1. The van der Waals surface area contributed by atoms with E-state index in [-0.39, 0.29) is 34.3 Å². The normalized spacial score (nSPS) is 12.1. The number of urea groups is 1. The second-order valence-corrected chi connectivity index (χ2v) is 12.7. The van der Waals surface area contributed by atoms with Crippen LogP contribution in [0.5, 0.6) is 0 Å². The molecular weight excluding hydrogens is 559 g/mol. The minimum absolute atomic E-state index is 0.0197. The van der Waals surface area contributed by atoms with Gasteiger partial charge in [0.1, 0.15) is 11.9 Å². The molecule has 2 aromatic carbocycles. The van der Waals surface area contributed by atoms with Crippen LogP contribution < -0.4 is 22.1 Å². The molecule has 0 radical (unpaired) electrons. The molecule has 1 atom stereocenters. The zero-order valence-electron chi connectivity index (χ0n) is 21.5. The number of unbranched alkanes of at least 4 members (excludes halogenated alkanes) is 1. The molecule has 3 rings (SSSR count). The molecule has 0 aliphatic heterocycles. The highest BCUT2D eigenvalue weighted by Gasteiger charge is 2.30. The molecule has 1 aromatic heterocycles. The summed E-state index contributed by atoms with van der Waals surface area (Å²) in [4.78, 5) is 24.1. The highest BCUT2D eigenvalue weighted by atomic mass is 32.2. The molecule has 39 heavy (non-hydrogen) atoms. The maximum atomic E-state index is 14.0. The number of nitrogen functional groups attached to an aromatic ring is 1. The summed E-state index contributed by atoms with van der Waals surface area (Å²) >= 11 is 2.36. The van der Waals surface area contributed by atoms with Crippen LogP contribution in [-0.2, 0) is 14.6 Å². The Morgan fingerprint density at radius 2 is 1.82 bits per heavy atom. The molecule has 0 saturated carbocycles. The van der Waals surface area contributed by atoms with Crippen LogP contribution in [0.3, 0.4) is 0 Å². The zero-order chi connectivity index (χ0) is 28.7. The number of hydrogen-bond donors (Lipinski definition) is 6. The van der Waals surface area contributed by atoms with Crippen molar-refractivity contribution in [1.82, 2.24) is 5.32 Å². The molecule has 3 aromatic rings. The average Bonchev–Trinajstić information content (AvgIpc) is 3.35. The summed E-state index contributed by atoms with van der Waals surface area (Å²) in [5, 5.41) is 22.1. The van der Waals surface area contributed by atoms with Crippen molar-refractivity contribution in [2.75, 3.05) is 18.1 Å². The number of carboxylic acids is 1. The van der Waals surface area contributed by atoms with Crippen molar-refractivity contribution in [3.63, 3.8) is 0 Å². The average molecular weight is 590 g/mol. The SMILES string of the molecule is CSc1sc(C(=N)N)cc1S(=O)(=O)c1ccc(C)c(-c2ccccc2)c1NC(=O)NCCCCC(N)C(=O)O.